The Morgan fingerprint density at radius 2 is 1.72 bits per heavy atom. The lowest BCUT2D eigenvalue weighted by molar-refractivity contribution is -0.130. The lowest BCUT2D eigenvalue weighted by Crippen LogP contribution is -2.45. The van der Waals surface area contributed by atoms with Crippen LogP contribution >= 0.6 is 0 Å². The molecule has 0 N–H and O–H groups in total. The minimum Gasteiger partial charge on any atom is -0.422 e. The molecular formula is C19H17N3O3. The Bertz CT molecular complexity index is 840. The molecule has 0 spiro atoms. The topological polar surface area (TPSA) is 62.7 Å². The first-order chi connectivity index (χ1) is 12.2. The molecule has 6 nitrogen and oxygen atoms in total. The summed E-state index contributed by atoms with van der Waals surface area (Å²) in [5.74, 6) is 0.404. The van der Waals surface area contributed by atoms with Gasteiger partial charge in [-0.1, -0.05) is 18.2 Å². The average Bonchev–Trinajstić information content (AvgIpc) is 2.66. The largest absolute Gasteiger partial charge is 0.422 e. The van der Waals surface area contributed by atoms with Gasteiger partial charge < -0.3 is 14.5 Å². The zero-order valence-electron chi connectivity index (χ0n) is 13.6. The second-order valence-electron chi connectivity index (χ2n) is 5.97. The molecule has 1 saturated heterocycles. The third kappa shape index (κ3) is 2.98. The number of ether oxygens (including phenoxy) is 1. The Morgan fingerprint density at radius 3 is 2.48 bits per heavy atom. The molecule has 2 aliphatic rings. The smallest absolute Gasteiger partial charge is 0.349 e. The molecule has 1 aromatic carbocycles. The van der Waals surface area contributed by atoms with Crippen molar-refractivity contribution < 1.29 is 14.3 Å². The molecule has 0 bridgehead atoms. The van der Waals surface area contributed by atoms with E-state index >= 15 is 0 Å². The van der Waals surface area contributed by atoms with E-state index in [1.165, 1.54) is 0 Å². The third-order valence-corrected chi connectivity index (χ3v) is 4.40. The fourth-order valence-corrected chi connectivity index (χ4v) is 3.05. The fraction of sp³-hybridized carbons (Fsp3) is 0.211. The first-order valence-electron chi connectivity index (χ1n) is 8.20. The second-order valence-corrected chi connectivity index (χ2v) is 5.97. The number of para-hydroxylation sites is 1. The minimum absolute atomic E-state index is 0.0880. The van der Waals surface area contributed by atoms with E-state index in [-0.39, 0.29) is 11.4 Å². The number of Topliss-reactive ketones (excluding diaryl/α,β-unsaturated/α-hetero) is 1. The van der Waals surface area contributed by atoms with E-state index in [0.717, 1.165) is 18.9 Å². The Hall–Kier alpha value is -3.15. The number of anilines is 1. The maximum Gasteiger partial charge on any atom is 0.349 e. The van der Waals surface area contributed by atoms with Crippen molar-refractivity contribution in [1.82, 2.24) is 9.88 Å². The van der Waals surface area contributed by atoms with Crippen LogP contribution in [0.1, 0.15) is 10.4 Å². The Kier molecular flexibility index (Phi) is 3.93. The maximum absolute atomic E-state index is 12.6. The number of esters is 1. The molecule has 1 fully saturated rings. The van der Waals surface area contributed by atoms with Gasteiger partial charge in [0.2, 0.25) is 5.78 Å². The van der Waals surface area contributed by atoms with Crippen LogP contribution in [0.5, 0.6) is 5.75 Å². The molecular weight excluding hydrogens is 318 g/mol. The number of carbonyl (C=O) groups excluding carboxylic acids is 2. The van der Waals surface area contributed by atoms with Crippen LogP contribution in [-0.2, 0) is 4.79 Å². The van der Waals surface area contributed by atoms with Gasteiger partial charge in [-0.15, -0.1) is 0 Å². The first kappa shape index (κ1) is 15.4. The molecule has 4 rings (SSSR count). The van der Waals surface area contributed by atoms with Crippen LogP contribution < -0.4 is 9.64 Å². The number of hydrogen-bond acceptors (Lipinski definition) is 6. The monoisotopic (exact) mass is 335 g/mol. The molecule has 1 aromatic heterocycles. The summed E-state index contributed by atoms with van der Waals surface area (Å²) in [4.78, 5) is 33.3. The van der Waals surface area contributed by atoms with Crippen LogP contribution in [0, 0.1) is 0 Å². The number of benzene rings is 1. The molecule has 0 aliphatic carbocycles. The number of carbonyl (C=O) groups is 2. The number of hydrogen-bond donors (Lipinski definition) is 0. The zero-order valence-corrected chi connectivity index (χ0v) is 13.6. The molecule has 126 valence electrons. The van der Waals surface area contributed by atoms with Gasteiger partial charge in [0.15, 0.2) is 0 Å². The van der Waals surface area contributed by atoms with Crippen LogP contribution in [-0.4, -0.2) is 47.8 Å². The number of nitrogens with zero attached hydrogens (tertiary/aromatic N) is 3. The van der Waals surface area contributed by atoms with E-state index in [4.69, 9.17) is 4.74 Å². The number of fused-ring (bicyclic) bond motifs is 1. The predicted octanol–water partition coefficient (Wildman–Crippen LogP) is 1.89. The lowest BCUT2D eigenvalue weighted by atomic mass is 10.0. The van der Waals surface area contributed by atoms with Crippen molar-refractivity contribution in [3.05, 3.63) is 66.0 Å². The van der Waals surface area contributed by atoms with Gasteiger partial charge in [0.1, 0.15) is 17.1 Å². The maximum atomic E-state index is 12.6. The molecule has 2 aromatic rings. The van der Waals surface area contributed by atoms with Gasteiger partial charge >= 0.3 is 5.97 Å². The van der Waals surface area contributed by atoms with Crippen LogP contribution in [0.2, 0.25) is 0 Å². The summed E-state index contributed by atoms with van der Waals surface area (Å²) in [5.41, 5.74) is 0.519. The molecule has 0 saturated carbocycles. The highest BCUT2D eigenvalue weighted by Crippen LogP contribution is 2.27. The number of pyridine rings is 1. The van der Waals surface area contributed by atoms with Gasteiger partial charge in [0.05, 0.1) is 5.56 Å². The van der Waals surface area contributed by atoms with Crippen molar-refractivity contribution in [2.75, 3.05) is 31.1 Å². The van der Waals surface area contributed by atoms with Crippen LogP contribution in [0.25, 0.3) is 0 Å². The Balaban J connectivity index is 1.49. The SMILES string of the molecule is O=C1Oc2ccccc2C(=O)/C1=C\N1CCN(c2ccccn2)CC1. The van der Waals surface area contributed by atoms with Crippen molar-refractivity contribution in [3.63, 3.8) is 0 Å². The minimum atomic E-state index is -0.587. The quantitative estimate of drug-likeness (QED) is 0.361. The summed E-state index contributed by atoms with van der Waals surface area (Å²) in [5, 5.41) is 0. The molecule has 0 unspecified atom stereocenters. The Morgan fingerprint density at radius 1 is 0.960 bits per heavy atom. The van der Waals surface area contributed by atoms with Gasteiger partial charge in [-0.05, 0) is 24.3 Å². The first-order valence-corrected chi connectivity index (χ1v) is 8.20. The molecule has 0 atom stereocenters. The van der Waals surface area contributed by atoms with Crippen LogP contribution in [0.4, 0.5) is 5.82 Å². The fourth-order valence-electron chi connectivity index (χ4n) is 3.05. The van der Waals surface area contributed by atoms with Gasteiger partial charge in [-0.2, -0.15) is 0 Å². The van der Waals surface area contributed by atoms with Gasteiger partial charge in [0, 0.05) is 38.6 Å². The van der Waals surface area contributed by atoms with Crippen LogP contribution in [0.15, 0.2) is 60.4 Å². The van der Waals surface area contributed by atoms with Crippen molar-refractivity contribution in [2.24, 2.45) is 0 Å². The van der Waals surface area contributed by atoms with E-state index in [9.17, 15) is 9.59 Å². The number of piperazine rings is 1. The van der Waals surface area contributed by atoms with E-state index in [1.54, 1.807) is 36.7 Å². The number of aromatic nitrogens is 1. The Labute approximate surface area is 145 Å². The van der Waals surface area contributed by atoms with Crippen LogP contribution in [0.3, 0.4) is 0 Å². The second kappa shape index (κ2) is 6.39. The highest BCUT2D eigenvalue weighted by atomic mass is 16.5. The van der Waals surface area contributed by atoms with Crippen molar-refractivity contribution in [1.29, 1.82) is 0 Å². The molecule has 6 heteroatoms. The van der Waals surface area contributed by atoms with E-state index in [0.29, 0.717) is 24.4 Å². The van der Waals surface area contributed by atoms with E-state index < -0.39 is 5.97 Å². The number of rotatable bonds is 2. The molecule has 25 heavy (non-hydrogen) atoms. The van der Waals surface area contributed by atoms with Gasteiger partial charge in [-0.3, -0.25) is 4.79 Å². The summed E-state index contributed by atoms with van der Waals surface area (Å²) in [7, 11) is 0. The molecule has 0 radical (unpaired) electrons. The van der Waals surface area contributed by atoms with Gasteiger partial charge in [0.25, 0.3) is 0 Å². The zero-order chi connectivity index (χ0) is 17.2. The highest BCUT2D eigenvalue weighted by molar-refractivity contribution is 6.27. The van der Waals surface area contributed by atoms with E-state index in [2.05, 4.69) is 9.88 Å². The summed E-state index contributed by atoms with van der Waals surface area (Å²) in [6, 6.07) is 12.6. The predicted molar refractivity (Wildman–Crippen MR) is 92.5 cm³/mol. The van der Waals surface area contributed by atoms with Gasteiger partial charge in [-0.25, -0.2) is 9.78 Å². The summed E-state index contributed by atoms with van der Waals surface area (Å²) in [6.07, 6.45) is 3.41. The van der Waals surface area contributed by atoms with Crippen molar-refractivity contribution in [3.8, 4) is 5.75 Å². The molecule has 2 aliphatic heterocycles. The molecule has 3 heterocycles. The molecule has 0 amide bonds. The summed E-state index contributed by atoms with van der Waals surface area (Å²) in [6.45, 7) is 2.98. The highest BCUT2D eigenvalue weighted by Gasteiger charge is 2.31. The standard InChI is InChI=1S/C19H17N3O3/c23-18-14-5-1-2-6-16(14)25-19(24)15(18)13-21-9-11-22(12-10-21)17-7-3-4-8-20-17/h1-8,13H,9-12H2/b15-13+. The normalized spacial score (nSPS) is 19.0. The average molecular weight is 335 g/mol. The van der Waals surface area contributed by atoms with Crippen molar-refractivity contribution >= 4 is 17.6 Å². The summed E-state index contributed by atoms with van der Waals surface area (Å²) >= 11 is 0. The number of ketones is 1. The van der Waals surface area contributed by atoms with Crippen molar-refractivity contribution in [2.45, 2.75) is 0 Å². The van der Waals surface area contributed by atoms with E-state index in [1.807, 2.05) is 23.1 Å². The lowest BCUT2D eigenvalue weighted by Gasteiger charge is -2.35. The third-order valence-electron chi connectivity index (χ3n) is 4.40. The summed E-state index contributed by atoms with van der Waals surface area (Å²) < 4.78 is 5.27.